The van der Waals surface area contributed by atoms with Crippen LogP contribution in [0.3, 0.4) is 0 Å². The third-order valence-electron chi connectivity index (χ3n) is 4.69. The number of nitrogens with zero attached hydrogens (tertiary/aromatic N) is 1. The number of fused-ring (bicyclic) bond motifs is 1. The molecule has 3 rings (SSSR count). The van der Waals surface area contributed by atoms with Gasteiger partial charge >= 0.3 is 0 Å². The molecule has 0 aliphatic carbocycles. The molecule has 0 spiro atoms. The normalized spacial score (nSPS) is 21.0. The van der Waals surface area contributed by atoms with Crippen LogP contribution in [0.25, 0.3) is 0 Å². The van der Waals surface area contributed by atoms with E-state index in [1.807, 2.05) is 11.0 Å². The first-order valence-electron chi connectivity index (χ1n) is 7.48. The molecule has 5 heteroatoms. The Hall–Kier alpha value is -0.910. The van der Waals surface area contributed by atoms with Crippen LogP contribution in [0.5, 0.6) is 0 Å². The highest BCUT2D eigenvalue weighted by Gasteiger charge is 2.43. The summed E-state index contributed by atoms with van der Waals surface area (Å²) in [7, 11) is 1.66. The largest absolute Gasteiger partial charge is 0.368 e. The molecule has 0 radical (unpaired) electrons. The number of hydrogen-bond donors (Lipinski definition) is 1. The van der Waals surface area contributed by atoms with Crippen molar-refractivity contribution in [2.24, 2.45) is 0 Å². The lowest BCUT2D eigenvalue weighted by Gasteiger charge is -2.40. The first-order chi connectivity index (χ1) is 10.2. The lowest BCUT2D eigenvalue weighted by Crippen LogP contribution is -2.56. The molecule has 21 heavy (non-hydrogen) atoms. The van der Waals surface area contributed by atoms with E-state index in [-0.39, 0.29) is 5.91 Å². The zero-order valence-electron chi connectivity index (χ0n) is 12.3. The maximum Gasteiger partial charge on any atom is 0.255 e. The van der Waals surface area contributed by atoms with Gasteiger partial charge in [0.15, 0.2) is 0 Å². The molecule has 1 N–H and O–H groups in total. The van der Waals surface area contributed by atoms with Gasteiger partial charge in [-0.2, -0.15) is 0 Å². The van der Waals surface area contributed by atoms with Crippen molar-refractivity contribution < 1.29 is 9.53 Å². The Morgan fingerprint density at radius 1 is 1.38 bits per heavy atom. The van der Waals surface area contributed by atoms with Crippen molar-refractivity contribution >= 4 is 21.8 Å². The van der Waals surface area contributed by atoms with Gasteiger partial charge in [-0.15, -0.1) is 0 Å². The molecule has 0 atom stereocenters. The van der Waals surface area contributed by atoms with Crippen LogP contribution in [0.4, 0.5) is 0 Å². The molecule has 1 saturated heterocycles. The van der Waals surface area contributed by atoms with E-state index in [1.165, 1.54) is 11.1 Å². The standard InChI is InChI=1S/C16H21BrN2O2/c1-21-16(6-8-18-9-7-16)15(20)19-10-5-13-12(11-19)3-2-4-14(13)17/h2-4,18H,5-11H2,1H3. The molecule has 114 valence electrons. The van der Waals surface area contributed by atoms with Gasteiger partial charge < -0.3 is 15.0 Å². The summed E-state index contributed by atoms with van der Waals surface area (Å²) in [5.41, 5.74) is 1.94. The minimum absolute atomic E-state index is 0.150. The first kappa shape index (κ1) is 15.0. The zero-order valence-corrected chi connectivity index (χ0v) is 13.9. The van der Waals surface area contributed by atoms with Gasteiger partial charge in [0.2, 0.25) is 0 Å². The van der Waals surface area contributed by atoms with Gasteiger partial charge in [0.25, 0.3) is 5.91 Å². The average Bonchev–Trinajstić information content (AvgIpc) is 2.54. The highest BCUT2D eigenvalue weighted by Crippen LogP contribution is 2.30. The van der Waals surface area contributed by atoms with E-state index in [0.717, 1.165) is 43.4 Å². The van der Waals surface area contributed by atoms with E-state index in [4.69, 9.17) is 4.74 Å². The number of amides is 1. The fourth-order valence-electron chi connectivity index (χ4n) is 3.36. The Morgan fingerprint density at radius 3 is 2.86 bits per heavy atom. The van der Waals surface area contributed by atoms with Crippen LogP contribution in [0.2, 0.25) is 0 Å². The number of piperidine rings is 1. The lowest BCUT2D eigenvalue weighted by molar-refractivity contribution is -0.159. The smallest absolute Gasteiger partial charge is 0.255 e. The van der Waals surface area contributed by atoms with E-state index >= 15 is 0 Å². The molecule has 0 unspecified atom stereocenters. The minimum Gasteiger partial charge on any atom is -0.368 e. The Kier molecular flexibility index (Phi) is 4.33. The summed E-state index contributed by atoms with van der Waals surface area (Å²) in [6.45, 7) is 3.14. The second-order valence-electron chi connectivity index (χ2n) is 5.80. The van der Waals surface area contributed by atoms with E-state index in [0.29, 0.717) is 6.54 Å². The molecule has 0 aromatic heterocycles. The van der Waals surface area contributed by atoms with Gasteiger partial charge in [-0.05, 0) is 49.5 Å². The van der Waals surface area contributed by atoms with E-state index in [2.05, 4.69) is 33.4 Å². The van der Waals surface area contributed by atoms with Crippen molar-refractivity contribution in [3.63, 3.8) is 0 Å². The van der Waals surface area contributed by atoms with Crippen LogP contribution in [0, 0.1) is 0 Å². The highest BCUT2D eigenvalue weighted by atomic mass is 79.9. The summed E-state index contributed by atoms with van der Waals surface area (Å²) in [5, 5.41) is 3.30. The Bertz CT molecular complexity index is 541. The third kappa shape index (κ3) is 2.74. The molecule has 1 aromatic rings. The number of halogens is 1. The number of methoxy groups -OCH3 is 1. The summed E-state index contributed by atoms with van der Waals surface area (Å²) in [4.78, 5) is 14.9. The Labute approximate surface area is 134 Å². The molecule has 4 nitrogen and oxygen atoms in total. The number of carbonyl (C=O) groups excluding carboxylic acids is 1. The quantitative estimate of drug-likeness (QED) is 0.886. The predicted octanol–water partition coefficient (Wildman–Crippen LogP) is 2.10. The minimum atomic E-state index is -0.630. The lowest BCUT2D eigenvalue weighted by atomic mass is 9.89. The summed E-state index contributed by atoms with van der Waals surface area (Å²) in [6, 6.07) is 6.22. The maximum absolute atomic E-state index is 13.0. The van der Waals surface area contributed by atoms with Gasteiger partial charge in [-0.25, -0.2) is 0 Å². The van der Waals surface area contributed by atoms with E-state index in [1.54, 1.807) is 7.11 Å². The van der Waals surface area contributed by atoms with Gasteiger partial charge in [-0.3, -0.25) is 4.79 Å². The van der Waals surface area contributed by atoms with Crippen molar-refractivity contribution in [1.29, 1.82) is 0 Å². The van der Waals surface area contributed by atoms with Crippen LogP contribution < -0.4 is 5.32 Å². The summed E-state index contributed by atoms with van der Waals surface area (Å²) in [5.74, 6) is 0.150. The molecular formula is C16H21BrN2O2. The van der Waals surface area contributed by atoms with Crippen molar-refractivity contribution in [3.8, 4) is 0 Å². The van der Waals surface area contributed by atoms with Gasteiger partial charge in [0.05, 0.1) is 0 Å². The number of benzene rings is 1. The first-order valence-corrected chi connectivity index (χ1v) is 8.27. The molecule has 1 aromatic carbocycles. The summed E-state index contributed by atoms with van der Waals surface area (Å²) >= 11 is 3.60. The second kappa shape index (κ2) is 6.07. The molecule has 2 aliphatic rings. The van der Waals surface area contributed by atoms with Gasteiger partial charge in [0, 0.05) is 24.7 Å². The SMILES string of the molecule is COC1(C(=O)N2CCc3c(Br)cccc3C2)CCNCC1. The maximum atomic E-state index is 13.0. The topological polar surface area (TPSA) is 41.6 Å². The van der Waals surface area contributed by atoms with Crippen molar-refractivity contribution in [3.05, 3.63) is 33.8 Å². The Balaban J connectivity index is 1.80. The number of rotatable bonds is 2. The number of carbonyl (C=O) groups is 1. The summed E-state index contributed by atoms with van der Waals surface area (Å²) < 4.78 is 6.81. The zero-order chi connectivity index (χ0) is 14.9. The van der Waals surface area contributed by atoms with Crippen LogP contribution in [-0.2, 0) is 22.5 Å². The highest BCUT2D eigenvalue weighted by molar-refractivity contribution is 9.10. The molecule has 1 amide bonds. The molecule has 2 aliphatic heterocycles. The fraction of sp³-hybridized carbons (Fsp3) is 0.562. The fourth-order valence-corrected chi connectivity index (χ4v) is 3.97. The molecular weight excluding hydrogens is 332 g/mol. The molecule has 2 heterocycles. The molecule has 1 fully saturated rings. The average molecular weight is 353 g/mol. The molecule has 0 saturated carbocycles. The monoisotopic (exact) mass is 352 g/mol. The second-order valence-corrected chi connectivity index (χ2v) is 6.66. The van der Waals surface area contributed by atoms with Crippen LogP contribution >= 0.6 is 15.9 Å². The van der Waals surface area contributed by atoms with E-state index < -0.39 is 5.60 Å². The predicted molar refractivity (Wildman–Crippen MR) is 85.1 cm³/mol. The number of nitrogens with one attached hydrogen (secondary N) is 1. The Morgan fingerprint density at radius 2 is 2.14 bits per heavy atom. The number of hydrogen-bond acceptors (Lipinski definition) is 3. The van der Waals surface area contributed by atoms with Crippen LogP contribution in [0.1, 0.15) is 24.0 Å². The third-order valence-corrected chi connectivity index (χ3v) is 5.43. The van der Waals surface area contributed by atoms with Crippen molar-refractivity contribution in [2.45, 2.75) is 31.4 Å². The van der Waals surface area contributed by atoms with E-state index in [9.17, 15) is 4.79 Å². The van der Waals surface area contributed by atoms with Crippen molar-refractivity contribution in [1.82, 2.24) is 10.2 Å². The summed E-state index contributed by atoms with van der Waals surface area (Å²) in [6.07, 6.45) is 2.41. The van der Waals surface area contributed by atoms with Gasteiger partial charge in [-0.1, -0.05) is 28.1 Å². The van der Waals surface area contributed by atoms with Gasteiger partial charge in [0.1, 0.15) is 5.60 Å². The van der Waals surface area contributed by atoms with Crippen molar-refractivity contribution in [2.75, 3.05) is 26.7 Å². The van der Waals surface area contributed by atoms with Crippen LogP contribution in [-0.4, -0.2) is 43.2 Å². The number of ether oxygens (including phenoxy) is 1. The van der Waals surface area contributed by atoms with Crippen LogP contribution in [0.15, 0.2) is 22.7 Å². The molecule has 0 bridgehead atoms.